The number of carbonyl (C=O) groups is 1. The summed E-state index contributed by atoms with van der Waals surface area (Å²) in [4.78, 5) is 11.8. The van der Waals surface area contributed by atoms with Crippen LogP contribution >= 0.6 is 11.8 Å². The Morgan fingerprint density at radius 2 is 1.50 bits per heavy atom. The van der Waals surface area contributed by atoms with Gasteiger partial charge in [0.15, 0.2) is 0 Å². The minimum absolute atomic E-state index is 0. The van der Waals surface area contributed by atoms with Gasteiger partial charge >= 0.3 is 29.6 Å². The van der Waals surface area contributed by atoms with E-state index >= 15 is 0 Å². The molecule has 122 valence electrons. The number of carbonyl (C=O) groups excluding carboxylic acids is 1. The van der Waals surface area contributed by atoms with Crippen molar-refractivity contribution in [2.24, 2.45) is 0 Å². The SMILES string of the molecule is CSc1ccc(-c2ccc(S(=O)(=O)N[C@@H](C)C(=O)[O-])cc2)cc1.[Na+]. The van der Waals surface area contributed by atoms with Gasteiger partial charge in [0.05, 0.1) is 16.9 Å². The predicted molar refractivity (Wildman–Crippen MR) is 88.4 cm³/mol. The van der Waals surface area contributed by atoms with E-state index in [4.69, 9.17) is 0 Å². The fourth-order valence-corrected chi connectivity index (χ4v) is 3.56. The van der Waals surface area contributed by atoms with Crippen molar-refractivity contribution in [1.82, 2.24) is 4.72 Å². The average Bonchev–Trinajstić information content (AvgIpc) is 2.54. The van der Waals surface area contributed by atoms with Crippen molar-refractivity contribution in [2.45, 2.75) is 22.8 Å². The van der Waals surface area contributed by atoms with Gasteiger partial charge in [0.2, 0.25) is 10.0 Å². The van der Waals surface area contributed by atoms with Crippen LogP contribution in [0.4, 0.5) is 0 Å². The molecule has 1 N–H and O–H groups in total. The number of aliphatic carboxylic acids is 1. The van der Waals surface area contributed by atoms with Crippen LogP contribution in [0.15, 0.2) is 58.3 Å². The number of carboxylic acids is 1. The van der Waals surface area contributed by atoms with Crippen molar-refractivity contribution in [1.29, 1.82) is 0 Å². The van der Waals surface area contributed by atoms with Crippen molar-refractivity contribution in [2.75, 3.05) is 6.26 Å². The van der Waals surface area contributed by atoms with Gasteiger partial charge in [-0.3, -0.25) is 0 Å². The van der Waals surface area contributed by atoms with Crippen molar-refractivity contribution in [3.8, 4) is 11.1 Å². The summed E-state index contributed by atoms with van der Waals surface area (Å²) in [6.07, 6.45) is 2.00. The number of rotatable bonds is 6. The molecule has 0 bridgehead atoms. The number of carboxylic acid groups (broad SMARTS) is 1. The van der Waals surface area contributed by atoms with Gasteiger partial charge in [-0.15, -0.1) is 11.8 Å². The maximum atomic E-state index is 12.1. The first-order valence-corrected chi connectivity index (χ1v) is 9.52. The third-order valence-electron chi connectivity index (χ3n) is 3.27. The minimum Gasteiger partial charge on any atom is -0.548 e. The van der Waals surface area contributed by atoms with Crippen LogP contribution < -0.4 is 39.4 Å². The van der Waals surface area contributed by atoms with E-state index in [9.17, 15) is 18.3 Å². The minimum atomic E-state index is -3.89. The monoisotopic (exact) mass is 373 g/mol. The Balaban J connectivity index is 0.00000288. The van der Waals surface area contributed by atoms with Crippen LogP contribution in [-0.2, 0) is 14.8 Å². The van der Waals surface area contributed by atoms with E-state index in [0.29, 0.717) is 0 Å². The van der Waals surface area contributed by atoms with Crippen LogP contribution in [0.25, 0.3) is 11.1 Å². The fourth-order valence-electron chi connectivity index (χ4n) is 1.96. The Bertz CT molecular complexity index is 790. The molecule has 0 aromatic heterocycles. The van der Waals surface area contributed by atoms with Gasteiger partial charge in [-0.1, -0.05) is 24.3 Å². The first-order valence-electron chi connectivity index (χ1n) is 6.81. The topological polar surface area (TPSA) is 86.3 Å². The number of sulfonamides is 1. The summed E-state index contributed by atoms with van der Waals surface area (Å²) in [5.74, 6) is -1.47. The van der Waals surface area contributed by atoms with Crippen LogP contribution in [0.5, 0.6) is 0 Å². The summed E-state index contributed by atoms with van der Waals surface area (Å²) in [6.45, 7) is 1.22. The Labute approximate surface area is 168 Å². The molecule has 5 nitrogen and oxygen atoms in total. The van der Waals surface area contributed by atoms with E-state index in [1.54, 1.807) is 23.9 Å². The van der Waals surface area contributed by atoms with E-state index in [0.717, 1.165) is 16.0 Å². The number of thioether (sulfide) groups is 1. The predicted octanol–water partition coefficient (Wildman–Crippen LogP) is -1.50. The molecule has 0 amide bonds. The maximum Gasteiger partial charge on any atom is 1.00 e. The van der Waals surface area contributed by atoms with Crippen LogP contribution in [0.2, 0.25) is 0 Å². The molecule has 0 saturated heterocycles. The molecule has 2 aromatic carbocycles. The molecule has 8 heteroatoms. The van der Waals surface area contributed by atoms with Crippen molar-refractivity contribution in [3.63, 3.8) is 0 Å². The van der Waals surface area contributed by atoms with E-state index in [1.807, 2.05) is 30.5 Å². The Kier molecular flexibility index (Phi) is 7.98. The molecule has 24 heavy (non-hydrogen) atoms. The van der Waals surface area contributed by atoms with Crippen molar-refractivity contribution < 1.29 is 47.9 Å². The van der Waals surface area contributed by atoms with Crippen LogP contribution in [0.3, 0.4) is 0 Å². The molecular formula is C16H16NNaO4S2. The standard InChI is InChI=1S/C16H17NO4S2.Na/c1-11(16(18)19)17-23(20,21)15-9-5-13(6-10-15)12-3-7-14(22-2)8-4-12;/h3-11,17H,1-2H3,(H,18,19);/q;+1/p-1/t11-;/m0./s1. The third kappa shape index (κ3) is 5.34. The zero-order valence-electron chi connectivity index (χ0n) is 13.6. The van der Waals surface area contributed by atoms with Crippen LogP contribution in [0, 0.1) is 0 Å². The largest absolute Gasteiger partial charge is 1.00 e. The van der Waals surface area contributed by atoms with Gasteiger partial charge in [-0.2, -0.15) is 0 Å². The maximum absolute atomic E-state index is 12.1. The number of hydrogen-bond donors (Lipinski definition) is 1. The van der Waals surface area contributed by atoms with Crippen LogP contribution in [-0.4, -0.2) is 26.7 Å². The first-order chi connectivity index (χ1) is 10.8. The Morgan fingerprint density at radius 3 is 1.92 bits per heavy atom. The molecule has 0 fully saturated rings. The fraction of sp³-hybridized carbons (Fsp3) is 0.188. The Hall–Kier alpha value is -0.830. The Morgan fingerprint density at radius 1 is 1.04 bits per heavy atom. The second-order valence-corrected chi connectivity index (χ2v) is 7.51. The van der Waals surface area contributed by atoms with E-state index in [1.165, 1.54) is 19.1 Å². The van der Waals surface area contributed by atoms with Crippen molar-refractivity contribution >= 4 is 27.8 Å². The van der Waals surface area contributed by atoms with Gasteiger partial charge < -0.3 is 9.90 Å². The molecule has 0 saturated carbocycles. The number of nitrogens with one attached hydrogen (secondary N) is 1. The van der Waals surface area contributed by atoms with Gasteiger partial charge in [0.25, 0.3) is 0 Å². The molecule has 2 rings (SSSR count). The van der Waals surface area contributed by atoms with Crippen LogP contribution in [0.1, 0.15) is 6.92 Å². The third-order valence-corrected chi connectivity index (χ3v) is 5.57. The first kappa shape index (κ1) is 21.2. The van der Waals surface area contributed by atoms with Gasteiger partial charge in [-0.25, -0.2) is 13.1 Å². The second kappa shape index (κ2) is 9.03. The van der Waals surface area contributed by atoms with E-state index in [-0.39, 0.29) is 34.5 Å². The quantitative estimate of drug-likeness (QED) is 0.492. The normalized spacial score (nSPS) is 12.2. The van der Waals surface area contributed by atoms with Crippen molar-refractivity contribution in [3.05, 3.63) is 48.5 Å². The summed E-state index contributed by atoms with van der Waals surface area (Å²) in [7, 11) is -3.89. The summed E-state index contributed by atoms with van der Waals surface area (Å²) >= 11 is 1.65. The molecule has 0 aliphatic rings. The van der Waals surface area contributed by atoms with Gasteiger partial charge in [0.1, 0.15) is 0 Å². The summed E-state index contributed by atoms with van der Waals surface area (Å²) in [6, 6.07) is 12.9. The zero-order chi connectivity index (χ0) is 17.0. The number of hydrogen-bond acceptors (Lipinski definition) is 5. The van der Waals surface area contributed by atoms with E-state index in [2.05, 4.69) is 4.72 Å². The number of benzene rings is 2. The second-order valence-electron chi connectivity index (χ2n) is 4.91. The average molecular weight is 373 g/mol. The molecule has 2 aromatic rings. The molecule has 0 aliphatic heterocycles. The summed E-state index contributed by atoms with van der Waals surface area (Å²) in [5, 5.41) is 10.7. The molecule has 0 aliphatic carbocycles. The summed E-state index contributed by atoms with van der Waals surface area (Å²) in [5.41, 5.74) is 1.85. The summed E-state index contributed by atoms with van der Waals surface area (Å²) < 4.78 is 26.2. The molecule has 0 spiro atoms. The molecule has 0 heterocycles. The van der Waals surface area contributed by atoms with Gasteiger partial charge in [0, 0.05) is 4.90 Å². The van der Waals surface area contributed by atoms with E-state index < -0.39 is 22.0 Å². The van der Waals surface area contributed by atoms with Gasteiger partial charge in [-0.05, 0) is 48.6 Å². The molecule has 0 unspecified atom stereocenters. The smallest absolute Gasteiger partial charge is 0.548 e. The zero-order valence-corrected chi connectivity index (χ0v) is 17.3. The molecule has 1 atom stereocenters. The molecule has 0 radical (unpaired) electrons. The molecular weight excluding hydrogens is 357 g/mol.